The highest BCUT2D eigenvalue weighted by Crippen LogP contribution is 2.68. The summed E-state index contributed by atoms with van der Waals surface area (Å²) in [6.07, 6.45) is 8.41. The van der Waals surface area contributed by atoms with E-state index in [1.807, 2.05) is 0 Å². The summed E-state index contributed by atoms with van der Waals surface area (Å²) in [6, 6.07) is 3.03. The number of benzene rings is 1. The molecule has 1 aromatic carbocycles. The fraction of sp³-hybridized carbons (Fsp3) is 0.758. The summed E-state index contributed by atoms with van der Waals surface area (Å²) in [5.41, 5.74) is 0.836. The molecule has 8 heteroatoms. The number of nitrogens with one attached hydrogen (secondary N) is 1. The molecule has 0 spiro atoms. The molecule has 6 N–H and O–H groups in total. The highest BCUT2D eigenvalue weighted by atomic mass is 16.4. The Hall–Kier alpha value is -2.32. The number of rotatable bonds is 8. The van der Waals surface area contributed by atoms with Crippen LogP contribution >= 0.6 is 0 Å². The van der Waals surface area contributed by atoms with Crippen molar-refractivity contribution < 1.29 is 35.1 Å². The predicted octanol–water partition coefficient (Wildman–Crippen LogP) is 4.62. The molecular formula is C33H49NO7. The number of aromatic hydroxyl groups is 2. The maximum absolute atomic E-state index is 12.9. The van der Waals surface area contributed by atoms with Gasteiger partial charge in [-0.2, -0.15) is 0 Å². The molecule has 0 bridgehead atoms. The zero-order valence-electron chi connectivity index (χ0n) is 24.8. The van der Waals surface area contributed by atoms with E-state index in [9.17, 15) is 35.1 Å². The van der Waals surface area contributed by atoms with Crippen LogP contribution in [0.4, 0.5) is 0 Å². The average molecular weight is 572 g/mol. The fourth-order valence-corrected chi connectivity index (χ4v) is 10.1. The van der Waals surface area contributed by atoms with Gasteiger partial charge in [0.25, 0.3) is 0 Å². The standard InChI is InChI=1S/C33H49NO7/c1-18(4-9-29(39)34-25(31(40)41)14-19-5-8-26(36)27(37)15-19)22-6-7-23-30-24(11-13-33(22,23)3)32(2)12-10-21(35)16-20(32)17-28(30)38/h5,8,15,18,20-25,28,30,35-38H,4,6-7,9-14,16-17H2,1-3H3,(H,34,39)(H,40,41)/t18-,20+,21-,22-,23+,24+,25+,28+,30+,32+,33-/m1/s1. The van der Waals surface area contributed by atoms with Crippen molar-refractivity contribution in [1.82, 2.24) is 5.32 Å². The number of amides is 1. The van der Waals surface area contributed by atoms with Crippen molar-refractivity contribution in [3.63, 3.8) is 0 Å². The van der Waals surface area contributed by atoms with Gasteiger partial charge < -0.3 is 30.8 Å². The van der Waals surface area contributed by atoms with Gasteiger partial charge in [0, 0.05) is 12.8 Å². The van der Waals surface area contributed by atoms with Gasteiger partial charge in [0.1, 0.15) is 6.04 Å². The third kappa shape index (κ3) is 5.58. The minimum atomic E-state index is -1.14. The summed E-state index contributed by atoms with van der Waals surface area (Å²) in [4.78, 5) is 24.7. The molecule has 0 radical (unpaired) electrons. The zero-order chi connectivity index (χ0) is 29.7. The van der Waals surface area contributed by atoms with E-state index in [1.54, 1.807) is 0 Å². The normalized spacial score (nSPS) is 39.6. The summed E-state index contributed by atoms with van der Waals surface area (Å²) in [6.45, 7) is 7.07. The molecule has 41 heavy (non-hydrogen) atoms. The average Bonchev–Trinajstić information content (AvgIpc) is 3.27. The molecule has 11 atom stereocenters. The lowest BCUT2D eigenvalue weighted by molar-refractivity contribution is -0.174. The van der Waals surface area contributed by atoms with Crippen LogP contribution in [-0.2, 0) is 16.0 Å². The van der Waals surface area contributed by atoms with Crippen LogP contribution in [0.15, 0.2) is 18.2 Å². The summed E-state index contributed by atoms with van der Waals surface area (Å²) >= 11 is 0. The van der Waals surface area contributed by atoms with E-state index in [2.05, 4.69) is 26.1 Å². The van der Waals surface area contributed by atoms with Gasteiger partial charge >= 0.3 is 5.97 Å². The van der Waals surface area contributed by atoms with Gasteiger partial charge in [-0.15, -0.1) is 0 Å². The topological polar surface area (TPSA) is 147 Å². The first-order chi connectivity index (χ1) is 19.3. The second kappa shape index (κ2) is 11.4. The molecule has 1 amide bonds. The molecule has 0 aromatic heterocycles. The van der Waals surface area contributed by atoms with Crippen LogP contribution in [0.2, 0.25) is 0 Å². The van der Waals surface area contributed by atoms with E-state index in [4.69, 9.17) is 0 Å². The molecule has 1 aromatic rings. The Morgan fingerprint density at radius 3 is 2.39 bits per heavy atom. The largest absolute Gasteiger partial charge is 0.504 e. The smallest absolute Gasteiger partial charge is 0.326 e. The number of phenolic OH excluding ortho intramolecular Hbond substituents is 2. The maximum Gasteiger partial charge on any atom is 0.326 e. The molecular weight excluding hydrogens is 522 g/mol. The minimum Gasteiger partial charge on any atom is -0.504 e. The Morgan fingerprint density at radius 2 is 1.68 bits per heavy atom. The van der Waals surface area contributed by atoms with E-state index in [0.29, 0.717) is 47.5 Å². The van der Waals surface area contributed by atoms with Gasteiger partial charge in [0.15, 0.2) is 11.5 Å². The van der Waals surface area contributed by atoms with Crippen LogP contribution in [-0.4, -0.2) is 55.7 Å². The van der Waals surface area contributed by atoms with Gasteiger partial charge in [0.05, 0.1) is 12.2 Å². The SMILES string of the molecule is C[C@H](CCC(=O)N[C@@H](Cc1ccc(O)c(O)c1)C(=O)O)[C@H]1CC[C@H]2[C@@H]3[C@@H](O)C[C@@H]4C[C@H](O)CC[C@]4(C)[C@H]3CC[C@]12C. The fourth-order valence-electron chi connectivity index (χ4n) is 10.1. The van der Waals surface area contributed by atoms with Gasteiger partial charge in [0.2, 0.25) is 5.91 Å². The lowest BCUT2D eigenvalue weighted by Gasteiger charge is -2.62. The number of carbonyl (C=O) groups excluding carboxylic acids is 1. The molecule has 4 fully saturated rings. The molecule has 4 saturated carbocycles. The number of carbonyl (C=O) groups is 2. The number of hydrogen-bond acceptors (Lipinski definition) is 6. The predicted molar refractivity (Wildman–Crippen MR) is 154 cm³/mol. The number of carboxylic acids is 1. The monoisotopic (exact) mass is 571 g/mol. The van der Waals surface area contributed by atoms with Crippen molar-refractivity contribution in [2.24, 2.45) is 46.3 Å². The van der Waals surface area contributed by atoms with Crippen molar-refractivity contribution >= 4 is 11.9 Å². The molecule has 228 valence electrons. The molecule has 8 nitrogen and oxygen atoms in total. The van der Waals surface area contributed by atoms with Crippen molar-refractivity contribution in [2.45, 2.75) is 110 Å². The number of aliphatic hydroxyl groups is 2. The molecule has 5 rings (SSSR count). The highest BCUT2D eigenvalue weighted by molar-refractivity contribution is 5.83. The number of phenols is 2. The van der Waals surface area contributed by atoms with Crippen molar-refractivity contribution in [3.8, 4) is 11.5 Å². The third-order valence-electron chi connectivity index (χ3n) is 12.4. The molecule has 0 unspecified atom stereocenters. The van der Waals surface area contributed by atoms with Crippen LogP contribution in [0.5, 0.6) is 11.5 Å². The van der Waals surface area contributed by atoms with Crippen molar-refractivity contribution in [2.75, 3.05) is 0 Å². The Kier molecular flexibility index (Phi) is 8.38. The Bertz CT molecular complexity index is 1140. The van der Waals surface area contributed by atoms with Crippen LogP contribution < -0.4 is 5.32 Å². The molecule has 4 aliphatic rings. The van der Waals surface area contributed by atoms with Crippen LogP contribution in [0.1, 0.15) is 90.5 Å². The number of aliphatic hydroxyl groups excluding tert-OH is 2. The maximum atomic E-state index is 12.9. The zero-order valence-corrected chi connectivity index (χ0v) is 24.8. The lowest BCUT2D eigenvalue weighted by atomic mass is 9.43. The first-order valence-electron chi connectivity index (χ1n) is 15.7. The van der Waals surface area contributed by atoms with E-state index < -0.39 is 12.0 Å². The molecule has 0 saturated heterocycles. The lowest BCUT2D eigenvalue weighted by Crippen LogP contribution is -2.58. The first kappa shape index (κ1) is 30.1. The molecule has 0 heterocycles. The number of hydrogen-bond donors (Lipinski definition) is 6. The van der Waals surface area contributed by atoms with E-state index in [1.165, 1.54) is 18.2 Å². The summed E-state index contributed by atoms with van der Waals surface area (Å²) in [5, 5.41) is 53.4. The van der Waals surface area contributed by atoms with Gasteiger partial charge in [-0.25, -0.2) is 4.79 Å². The molecule has 4 aliphatic carbocycles. The first-order valence-corrected chi connectivity index (χ1v) is 15.7. The van der Waals surface area contributed by atoms with Crippen LogP contribution in [0.25, 0.3) is 0 Å². The summed E-state index contributed by atoms with van der Waals surface area (Å²) < 4.78 is 0. The Balaban J connectivity index is 1.20. The second-order valence-corrected chi connectivity index (χ2v) is 14.5. The molecule has 0 aliphatic heterocycles. The number of aliphatic carboxylic acids is 1. The van der Waals surface area contributed by atoms with Gasteiger partial charge in [-0.3, -0.25) is 4.79 Å². The quantitative estimate of drug-likeness (QED) is 0.250. The van der Waals surface area contributed by atoms with Gasteiger partial charge in [-0.05, 0) is 122 Å². The van der Waals surface area contributed by atoms with Crippen LogP contribution in [0, 0.1) is 46.3 Å². The number of carboxylic acid groups (broad SMARTS) is 1. The van der Waals surface area contributed by atoms with Crippen molar-refractivity contribution in [1.29, 1.82) is 0 Å². The van der Waals surface area contributed by atoms with Crippen LogP contribution in [0.3, 0.4) is 0 Å². The second-order valence-electron chi connectivity index (χ2n) is 14.5. The summed E-state index contributed by atoms with van der Waals surface area (Å²) in [7, 11) is 0. The third-order valence-corrected chi connectivity index (χ3v) is 12.4. The Labute approximate surface area is 243 Å². The van der Waals surface area contributed by atoms with E-state index >= 15 is 0 Å². The van der Waals surface area contributed by atoms with Gasteiger partial charge in [-0.1, -0.05) is 26.8 Å². The summed E-state index contributed by atoms with van der Waals surface area (Å²) in [5.74, 6) is 0.410. The number of fused-ring (bicyclic) bond motifs is 5. The Morgan fingerprint density at radius 1 is 0.976 bits per heavy atom. The van der Waals surface area contributed by atoms with E-state index in [0.717, 1.165) is 51.4 Å². The van der Waals surface area contributed by atoms with Crippen molar-refractivity contribution in [3.05, 3.63) is 23.8 Å². The minimum absolute atomic E-state index is 0.0104. The van der Waals surface area contributed by atoms with E-state index in [-0.39, 0.29) is 53.3 Å². The highest BCUT2D eigenvalue weighted by Gasteiger charge is 2.62.